The van der Waals surface area contributed by atoms with Gasteiger partial charge in [-0.25, -0.2) is 0 Å². The van der Waals surface area contributed by atoms with Gasteiger partial charge in [0.05, 0.1) is 26.4 Å². The average Bonchev–Trinajstić information content (AvgIpc) is 2.98. The van der Waals surface area contributed by atoms with Gasteiger partial charge in [0.1, 0.15) is 0 Å². The fourth-order valence-corrected chi connectivity index (χ4v) is 3.32. The van der Waals surface area contributed by atoms with Gasteiger partial charge in [0.2, 0.25) is 17.8 Å². The van der Waals surface area contributed by atoms with Gasteiger partial charge in [-0.15, -0.1) is 0 Å². The van der Waals surface area contributed by atoms with Crippen LogP contribution in [0.4, 0.5) is 17.8 Å². The van der Waals surface area contributed by atoms with Crippen molar-refractivity contribution < 1.29 is 9.47 Å². The van der Waals surface area contributed by atoms with Crippen molar-refractivity contribution in [1.82, 2.24) is 15.0 Å². The monoisotopic (exact) mass is 423 g/mol. The van der Waals surface area contributed by atoms with Gasteiger partial charge >= 0.3 is 0 Å². The van der Waals surface area contributed by atoms with E-state index in [0.717, 1.165) is 13.0 Å². The topological polar surface area (TPSA) is 119 Å². The first kappa shape index (κ1) is 24.6. The van der Waals surface area contributed by atoms with Crippen molar-refractivity contribution in [3.05, 3.63) is 0 Å². The molecule has 2 rings (SSSR count). The molecular weight excluding hydrogens is 382 g/mol. The minimum Gasteiger partial charge on any atom is -0.378 e. The highest BCUT2D eigenvalue weighted by Gasteiger charge is 2.15. The highest BCUT2D eigenvalue weighted by Crippen LogP contribution is 2.20. The summed E-state index contributed by atoms with van der Waals surface area (Å²) in [4.78, 5) is 13.7. The summed E-state index contributed by atoms with van der Waals surface area (Å²) < 4.78 is 10.9. The summed E-state index contributed by atoms with van der Waals surface area (Å²) >= 11 is 0. The highest BCUT2D eigenvalue weighted by atomic mass is 16.5. The molecule has 0 unspecified atom stereocenters. The van der Waals surface area contributed by atoms with E-state index >= 15 is 0 Å². The number of aromatic nitrogens is 3. The number of nitrogens with one attached hydrogen (secondary N) is 3. The first-order valence-corrected chi connectivity index (χ1v) is 11.5. The van der Waals surface area contributed by atoms with Crippen molar-refractivity contribution in [3.63, 3.8) is 0 Å². The Morgan fingerprint density at radius 3 is 2.07 bits per heavy atom. The van der Waals surface area contributed by atoms with Crippen LogP contribution in [-0.4, -0.2) is 67.1 Å². The number of nitrogens with zero attached hydrogens (tertiary/aromatic N) is 3. The number of nitrogens with two attached hydrogens (primary N) is 1. The first-order chi connectivity index (χ1) is 14.7. The lowest BCUT2D eigenvalue weighted by atomic mass is 10.1. The molecular formula is C21H41N7O2. The molecule has 1 fully saturated rings. The van der Waals surface area contributed by atoms with Crippen LogP contribution in [0.25, 0.3) is 0 Å². The maximum atomic E-state index is 5.56. The zero-order valence-corrected chi connectivity index (χ0v) is 18.8. The molecule has 9 nitrogen and oxygen atoms in total. The lowest BCUT2D eigenvalue weighted by molar-refractivity contribution is 0.0547. The van der Waals surface area contributed by atoms with Crippen LogP contribution in [0.1, 0.15) is 58.8 Å². The van der Waals surface area contributed by atoms with Crippen LogP contribution in [0.15, 0.2) is 0 Å². The van der Waals surface area contributed by atoms with E-state index in [1.54, 1.807) is 0 Å². The second-order valence-corrected chi connectivity index (χ2v) is 8.19. The van der Waals surface area contributed by atoms with Crippen LogP contribution in [-0.2, 0) is 9.47 Å². The summed E-state index contributed by atoms with van der Waals surface area (Å²) in [5.74, 6) is 2.45. The molecule has 0 aromatic carbocycles. The number of hydrogen-bond acceptors (Lipinski definition) is 9. The molecule has 1 heterocycles. The molecule has 1 aliphatic rings. The standard InChI is InChI=1S/C21H41N7O2/c1-17(2)9-11-23-19-26-20(24-12-14-30-16-15-29-13-10-22)28-21(27-19)25-18-7-5-3-4-6-8-18/h17-18H,3-16,22H2,1-2H3,(H3,23,24,25,26,27,28). The summed E-state index contributed by atoms with van der Waals surface area (Å²) in [5.41, 5.74) is 5.39. The molecule has 1 aromatic heterocycles. The predicted molar refractivity (Wildman–Crippen MR) is 122 cm³/mol. The van der Waals surface area contributed by atoms with Gasteiger partial charge in [-0.1, -0.05) is 39.5 Å². The van der Waals surface area contributed by atoms with Gasteiger partial charge in [-0.2, -0.15) is 15.0 Å². The number of rotatable bonds is 15. The second kappa shape index (κ2) is 15.1. The molecule has 1 saturated carbocycles. The van der Waals surface area contributed by atoms with Gasteiger partial charge in [-0.3, -0.25) is 0 Å². The maximum absolute atomic E-state index is 5.56. The molecule has 9 heteroatoms. The van der Waals surface area contributed by atoms with Crippen molar-refractivity contribution in [1.29, 1.82) is 0 Å². The molecule has 30 heavy (non-hydrogen) atoms. The zero-order chi connectivity index (χ0) is 21.4. The summed E-state index contributed by atoms with van der Waals surface area (Å²) in [6.07, 6.45) is 8.58. The van der Waals surface area contributed by atoms with Gasteiger partial charge in [-0.05, 0) is 25.2 Å². The van der Waals surface area contributed by atoms with E-state index in [1.807, 2.05) is 0 Å². The molecule has 0 bridgehead atoms. The van der Waals surface area contributed by atoms with Crippen molar-refractivity contribution in [2.75, 3.05) is 62.0 Å². The molecule has 1 aliphatic carbocycles. The third-order valence-electron chi connectivity index (χ3n) is 4.99. The van der Waals surface area contributed by atoms with Crippen LogP contribution >= 0.6 is 0 Å². The fourth-order valence-electron chi connectivity index (χ4n) is 3.32. The van der Waals surface area contributed by atoms with Crippen LogP contribution in [0.3, 0.4) is 0 Å². The van der Waals surface area contributed by atoms with Crippen molar-refractivity contribution in [2.45, 2.75) is 64.8 Å². The Kier molecular flexibility index (Phi) is 12.4. The van der Waals surface area contributed by atoms with E-state index in [0.29, 0.717) is 69.3 Å². The molecule has 172 valence electrons. The van der Waals surface area contributed by atoms with Crippen molar-refractivity contribution >= 4 is 17.8 Å². The Bertz CT molecular complexity index is 566. The lowest BCUT2D eigenvalue weighted by Gasteiger charge is -2.17. The third-order valence-corrected chi connectivity index (χ3v) is 4.99. The summed E-state index contributed by atoms with van der Waals surface area (Å²) in [5, 5.41) is 10.1. The van der Waals surface area contributed by atoms with Crippen LogP contribution in [0.2, 0.25) is 0 Å². The molecule has 0 aliphatic heterocycles. The average molecular weight is 424 g/mol. The molecule has 0 atom stereocenters. The van der Waals surface area contributed by atoms with E-state index in [1.165, 1.54) is 38.5 Å². The van der Waals surface area contributed by atoms with Crippen LogP contribution in [0.5, 0.6) is 0 Å². The van der Waals surface area contributed by atoms with Gasteiger partial charge in [0.15, 0.2) is 0 Å². The zero-order valence-electron chi connectivity index (χ0n) is 18.8. The summed E-state index contributed by atoms with van der Waals surface area (Å²) in [6.45, 7) is 8.65. The predicted octanol–water partition coefficient (Wildman–Crippen LogP) is 2.87. The SMILES string of the molecule is CC(C)CCNc1nc(NCCOCCOCCN)nc(NC2CCCCCC2)n1. The normalized spacial score (nSPS) is 15.2. The van der Waals surface area contributed by atoms with Crippen LogP contribution < -0.4 is 21.7 Å². The van der Waals surface area contributed by atoms with Gasteiger partial charge in [0, 0.05) is 25.7 Å². The third kappa shape index (κ3) is 10.9. The number of ether oxygens (including phenoxy) is 2. The second-order valence-electron chi connectivity index (χ2n) is 8.19. The first-order valence-electron chi connectivity index (χ1n) is 11.5. The molecule has 0 saturated heterocycles. The van der Waals surface area contributed by atoms with E-state index in [-0.39, 0.29) is 0 Å². The van der Waals surface area contributed by atoms with Crippen molar-refractivity contribution in [3.8, 4) is 0 Å². The number of anilines is 3. The largest absolute Gasteiger partial charge is 0.378 e. The molecule has 5 N–H and O–H groups in total. The van der Waals surface area contributed by atoms with Crippen molar-refractivity contribution in [2.24, 2.45) is 11.7 Å². The van der Waals surface area contributed by atoms with E-state index in [9.17, 15) is 0 Å². The molecule has 0 amide bonds. The lowest BCUT2D eigenvalue weighted by Crippen LogP contribution is -2.22. The summed E-state index contributed by atoms with van der Waals surface area (Å²) in [6, 6.07) is 0.433. The van der Waals surface area contributed by atoms with E-state index < -0.39 is 0 Å². The molecule has 1 aromatic rings. The quantitative estimate of drug-likeness (QED) is 0.249. The Morgan fingerprint density at radius 1 is 0.833 bits per heavy atom. The van der Waals surface area contributed by atoms with E-state index in [2.05, 4.69) is 44.7 Å². The fraction of sp³-hybridized carbons (Fsp3) is 0.857. The minimum absolute atomic E-state index is 0.433. The van der Waals surface area contributed by atoms with Crippen LogP contribution in [0, 0.1) is 5.92 Å². The molecule has 0 spiro atoms. The van der Waals surface area contributed by atoms with E-state index in [4.69, 9.17) is 15.2 Å². The molecule has 0 radical (unpaired) electrons. The Balaban J connectivity index is 1.86. The Labute approximate surface area is 181 Å². The van der Waals surface area contributed by atoms with Gasteiger partial charge < -0.3 is 31.2 Å². The Morgan fingerprint density at radius 2 is 1.43 bits per heavy atom. The highest BCUT2D eigenvalue weighted by molar-refractivity contribution is 5.42. The van der Waals surface area contributed by atoms with Gasteiger partial charge in [0.25, 0.3) is 0 Å². The maximum Gasteiger partial charge on any atom is 0.229 e. The number of hydrogen-bond donors (Lipinski definition) is 4. The minimum atomic E-state index is 0.433. The Hall–Kier alpha value is -1.71. The smallest absolute Gasteiger partial charge is 0.229 e. The summed E-state index contributed by atoms with van der Waals surface area (Å²) in [7, 11) is 0.